The van der Waals surface area contributed by atoms with Crippen LogP contribution in [-0.2, 0) is 65.4 Å². The van der Waals surface area contributed by atoms with Crippen molar-refractivity contribution in [2.24, 2.45) is 17.8 Å². The van der Waals surface area contributed by atoms with E-state index in [-0.39, 0.29) is 25.7 Å². The van der Waals surface area contributed by atoms with Gasteiger partial charge in [0, 0.05) is 25.7 Å². The molecule has 5 atom stereocenters. The quantitative estimate of drug-likeness (QED) is 0.0169. The molecule has 0 aromatic carbocycles. The van der Waals surface area contributed by atoms with Gasteiger partial charge in [-0.2, -0.15) is 0 Å². The van der Waals surface area contributed by atoms with Crippen molar-refractivity contribution >= 4 is 39.5 Å². The Morgan fingerprint density at radius 3 is 0.827 bits per heavy atom. The normalized spacial score (nSPS) is 14.2. The summed E-state index contributed by atoms with van der Waals surface area (Å²) >= 11 is 0. The molecule has 98 heavy (non-hydrogen) atoms. The third-order valence-electron chi connectivity index (χ3n) is 17.8. The van der Waals surface area contributed by atoms with Gasteiger partial charge in [0.05, 0.1) is 26.4 Å². The van der Waals surface area contributed by atoms with E-state index in [0.29, 0.717) is 31.6 Å². The number of esters is 4. The second-order valence-electron chi connectivity index (χ2n) is 29.2. The molecule has 0 saturated carbocycles. The minimum absolute atomic E-state index is 0.0838. The van der Waals surface area contributed by atoms with E-state index in [1.165, 1.54) is 173 Å². The van der Waals surface area contributed by atoms with Crippen LogP contribution >= 0.6 is 15.6 Å². The first-order valence-electron chi connectivity index (χ1n) is 40.2. The molecule has 2 unspecified atom stereocenters. The molecule has 0 fully saturated rings. The van der Waals surface area contributed by atoms with E-state index in [1.807, 2.05) is 0 Å². The lowest BCUT2D eigenvalue weighted by Gasteiger charge is -2.21. The van der Waals surface area contributed by atoms with E-state index >= 15 is 0 Å². The summed E-state index contributed by atoms with van der Waals surface area (Å²) in [6, 6.07) is 0. The predicted octanol–water partition coefficient (Wildman–Crippen LogP) is 22.9. The lowest BCUT2D eigenvalue weighted by Crippen LogP contribution is -2.30. The van der Waals surface area contributed by atoms with Gasteiger partial charge >= 0.3 is 39.5 Å². The van der Waals surface area contributed by atoms with Crippen LogP contribution in [0.15, 0.2) is 24.3 Å². The zero-order chi connectivity index (χ0) is 72.3. The van der Waals surface area contributed by atoms with Gasteiger partial charge in [-0.05, 0) is 69.1 Å². The smallest absolute Gasteiger partial charge is 0.462 e. The van der Waals surface area contributed by atoms with Crippen molar-refractivity contribution in [3.05, 3.63) is 24.3 Å². The summed E-state index contributed by atoms with van der Waals surface area (Å²) in [4.78, 5) is 72.9. The van der Waals surface area contributed by atoms with Crippen LogP contribution in [0.2, 0.25) is 0 Å². The monoisotopic (exact) mass is 1430 g/mol. The number of phosphoric acid groups is 2. The maximum absolute atomic E-state index is 13.1. The Labute approximate surface area is 599 Å². The molecule has 0 aromatic heterocycles. The molecule has 3 N–H and O–H groups in total. The predicted molar refractivity (Wildman–Crippen MR) is 400 cm³/mol. The third kappa shape index (κ3) is 71.9. The molecule has 0 heterocycles. The van der Waals surface area contributed by atoms with Gasteiger partial charge in [-0.25, -0.2) is 9.13 Å². The minimum Gasteiger partial charge on any atom is -0.462 e. The van der Waals surface area contributed by atoms with Crippen molar-refractivity contribution in [3.8, 4) is 0 Å². The molecule has 17 nitrogen and oxygen atoms in total. The number of carbonyl (C=O) groups is 4. The Bertz CT molecular complexity index is 2000. The second kappa shape index (κ2) is 68.9. The first kappa shape index (κ1) is 95.5. The summed E-state index contributed by atoms with van der Waals surface area (Å²) in [6.45, 7) is 11.8. The highest BCUT2D eigenvalue weighted by Crippen LogP contribution is 2.45. The number of aliphatic hydroxyl groups is 1. The molecular formula is C79H150O17P2. The van der Waals surface area contributed by atoms with Gasteiger partial charge in [0.1, 0.15) is 19.3 Å². The molecule has 0 aliphatic rings. The van der Waals surface area contributed by atoms with E-state index in [9.17, 15) is 43.2 Å². The Morgan fingerprint density at radius 1 is 0.316 bits per heavy atom. The van der Waals surface area contributed by atoms with E-state index < -0.39 is 97.5 Å². The van der Waals surface area contributed by atoms with Gasteiger partial charge in [0.15, 0.2) is 12.2 Å². The van der Waals surface area contributed by atoms with E-state index in [0.717, 1.165) is 121 Å². The fourth-order valence-electron chi connectivity index (χ4n) is 11.6. The molecule has 0 rings (SSSR count). The Balaban J connectivity index is 5.25. The lowest BCUT2D eigenvalue weighted by molar-refractivity contribution is -0.161. The van der Waals surface area contributed by atoms with E-state index in [4.69, 9.17) is 37.0 Å². The van der Waals surface area contributed by atoms with E-state index in [1.54, 1.807) is 0 Å². The number of aliphatic hydroxyl groups excluding tert-OH is 1. The van der Waals surface area contributed by atoms with Crippen LogP contribution in [0, 0.1) is 17.8 Å². The average molecular weight is 1430 g/mol. The van der Waals surface area contributed by atoms with Crippen LogP contribution in [-0.4, -0.2) is 96.7 Å². The molecule has 578 valence electrons. The van der Waals surface area contributed by atoms with Gasteiger partial charge < -0.3 is 33.8 Å². The van der Waals surface area contributed by atoms with Crippen LogP contribution in [0.1, 0.15) is 382 Å². The SMILES string of the molecule is CCCCCC/C=C\C=C/CCCCCCCC(=O)O[C@H](COC(=O)CCCCCCCCC(C)C)COP(=O)(O)OC[C@H](O)COP(=O)(O)OC[C@@H](COC(=O)CCCCCCCCCCCCCCCCCCC(C)C)OC(=O)CCCCCCCCCCCCCCC(C)C. The number of hydrogen-bond acceptors (Lipinski definition) is 15. The summed E-state index contributed by atoms with van der Waals surface area (Å²) < 4.78 is 68.5. The van der Waals surface area contributed by atoms with Crippen molar-refractivity contribution in [2.45, 2.75) is 401 Å². The molecule has 0 bridgehead atoms. The molecular weight excluding hydrogens is 1280 g/mol. The summed E-state index contributed by atoms with van der Waals surface area (Å²) in [7, 11) is -9.93. The number of carbonyl (C=O) groups excluding carboxylic acids is 4. The second-order valence-corrected chi connectivity index (χ2v) is 32.1. The molecule has 0 radical (unpaired) electrons. The number of rotatable bonds is 75. The highest BCUT2D eigenvalue weighted by atomic mass is 31.2. The molecule has 0 spiro atoms. The summed E-state index contributed by atoms with van der Waals surface area (Å²) in [5, 5.41) is 10.6. The Morgan fingerprint density at radius 2 is 0.551 bits per heavy atom. The van der Waals surface area contributed by atoms with Crippen LogP contribution in [0.5, 0.6) is 0 Å². The topological polar surface area (TPSA) is 237 Å². The maximum Gasteiger partial charge on any atom is 0.472 e. The largest absolute Gasteiger partial charge is 0.472 e. The Kier molecular flexibility index (Phi) is 67.2. The Hall–Kier alpha value is -2.46. The van der Waals surface area contributed by atoms with Gasteiger partial charge in [-0.1, -0.05) is 330 Å². The van der Waals surface area contributed by atoms with Crippen molar-refractivity contribution < 1.29 is 80.2 Å². The van der Waals surface area contributed by atoms with E-state index in [2.05, 4.69) is 72.8 Å². The number of ether oxygens (including phenoxy) is 4. The van der Waals surface area contributed by atoms with Crippen LogP contribution in [0.3, 0.4) is 0 Å². The summed E-state index contributed by atoms with van der Waals surface area (Å²) in [6.07, 6.45) is 59.3. The molecule has 19 heteroatoms. The first-order valence-corrected chi connectivity index (χ1v) is 43.2. The zero-order valence-electron chi connectivity index (χ0n) is 63.7. The molecule has 0 aliphatic carbocycles. The van der Waals surface area contributed by atoms with Crippen molar-refractivity contribution in [1.82, 2.24) is 0 Å². The molecule has 0 aliphatic heterocycles. The number of phosphoric ester groups is 2. The molecule has 0 amide bonds. The highest BCUT2D eigenvalue weighted by molar-refractivity contribution is 7.47. The molecule has 0 saturated heterocycles. The van der Waals surface area contributed by atoms with Crippen molar-refractivity contribution in [1.29, 1.82) is 0 Å². The molecule has 0 aromatic rings. The fraction of sp³-hybridized carbons (Fsp3) is 0.899. The lowest BCUT2D eigenvalue weighted by atomic mass is 10.0. The number of unbranched alkanes of at least 4 members (excludes halogenated alkanes) is 40. The highest BCUT2D eigenvalue weighted by Gasteiger charge is 2.30. The average Bonchev–Trinajstić information content (AvgIpc) is 0.949. The first-order chi connectivity index (χ1) is 47.2. The minimum atomic E-state index is -4.96. The number of allylic oxidation sites excluding steroid dienone is 4. The van der Waals surface area contributed by atoms with Crippen LogP contribution in [0.4, 0.5) is 0 Å². The number of hydrogen-bond donors (Lipinski definition) is 3. The standard InChI is InChI=1S/C79H150O17P2/c1-8-9-10-11-12-13-14-15-18-23-29-34-39-48-55-62-79(84)96-75(67-90-77(82)61-54-47-42-41-45-52-59-72(6)7)69-94-98(87,88)92-65-73(80)64-91-97(85,86)93-68-74(95-78(83)63-56-49-40-35-30-25-24-27-32-37-44-51-58-71(4)5)66-89-76(81)60-53-46-38-33-28-22-20-17-16-19-21-26-31-36-43-50-57-70(2)3/h13-15,18,70-75,80H,8-12,16-17,19-69H2,1-7H3,(H,85,86)(H,87,88)/b14-13-,18-15-/t73-,74-,75-/m1/s1. The van der Waals surface area contributed by atoms with Crippen molar-refractivity contribution in [2.75, 3.05) is 39.6 Å². The van der Waals surface area contributed by atoms with Gasteiger partial charge in [-0.3, -0.25) is 37.3 Å². The summed E-state index contributed by atoms with van der Waals surface area (Å²) in [5.74, 6) is 0.116. The van der Waals surface area contributed by atoms with Crippen LogP contribution in [0.25, 0.3) is 0 Å². The van der Waals surface area contributed by atoms with Crippen molar-refractivity contribution in [3.63, 3.8) is 0 Å². The summed E-state index contributed by atoms with van der Waals surface area (Å²) in [5.41, 5.74) is 0. The third-order valence-corrected chi connectivity index (χ3v) is 19.7. The van der Waals surface area contributed by atoms with Gasteiger partial charge in [0.25, 0.3) is 0 Å². The fourth-order valence-corrected chi connectivity index (χ4v) is 13.2. The maximum atomic E-state index is 13.1. The zero-order valence-corrected chi connectivity index (χ0v) is 65.5. The van der Waals surface area contributed by atoms with Gasteiger partial charge in [0.2, 0.25) is 0 Å². The van der Waals surface area contributed by atoms with Gasteiger partial charge in [-0.15, -0.1) is 0 Å². The van der Waals surface area contributed by atoms with Crippen LogP contribution < -0.4 is 0 Å².